The molecule has 1 amide bonds. The highest BCUT2D eigenvalue weighted by atomic mass is 79.9. The van der Waals surface area contributed by atoms with E-state index < -0.39 is 0 Å². The molecule has 3 atom stereocenters. The molecule has 1 aromatic carbocycles. The number of aryl methyl sites for hydroxylation is 1. The van der Waals surface area contributed by atoms with Crippen LogP contribution in [-0.2, 0) is 11.2 Å². The van der Waals surface area contributed by atoms with Gasteiger partial charge in [0.25, 0.3) is 0 Å². The number of nitrogens with one attached hydrogen (secondary N) is 3. The third-order valence-corrected chi connectivity index (χ3v) is 8.20. The molecule has 2 aliphatic rings. The molecule has 2 unspecified atom stereocenters. The predicted octanol–water partition coefficient (Wildman–Crippen LogP) is 5.41. The van der Waals surface area contributed by atoms with E-state index in [-0.39, 0.29) is 11.8 Å². The predicted molar refractivity (Wildman–Crippen MR) is 146 cm³/mol. The van der Waals surface area contributed by atoms with Gasteiger partial charge >= 0.3 is 0 Å². The zero-order valence-corrected chi connectivity index (χ0v) is 23.0. The fourth-order valence-electron chi connectivity index (χ4n) is 5.80. The minimum Gasteiger partial charge on any atom is -0.368 e. The van der Waals surface area contributed by atoms with Crippen LogP contribution in [-0.4, -0.2) is 42.1 Å². The summed E-state index contributed by atoms with van der Waals surface area (Å²) in [6.07, 6.45) is 8.94. The highest BCUT2D eigenvalue weighted by Crippen LogP contribution is 2.38. The molecule has 0 radical (unpaired) electrons. The number of amides is 1. The molecule has 0 saturated heterocycles. The molecule has 2 aliphatic carbocycles. The molecule has 1 heterocycles. The van der Waals surface area contributed by atoms with Gasteiger partial charge in [-0.2, -0.15) is 0 Å². The highest BCUT2D eigenvalue weighted by Gasteiger charge is 2.28. The lowest BCUT2D eigenvalue weighted by molar-refractivity contribution is -0.122. The minimum absolute atomic E-state index is 0.0619. The topological polar surface area (TPSA) is 78.9 Å². The Hall–Kier alpha value is -1.99. The standard InChI is InChI=1S/C28H40BrN5O/c1-19-6-11-24-25(19)26(34-18-33-24)31-13-14-32-27(35)23(21-7-9-22(29)10-8-21)17-30-16-20-5-4-12-28(2,3)15-20/h7-10,18-20,23,30H,4-6,11-17H2,1-3H3,(H,32,35)(H,31,33,34)/t19?,20?,23-/m1/s1. The Labute approximate surface area is 218 Å². The lowest BCUT2D eigenvalue weighted by Gasteiger charge is -2.35. The number of hydrogen-bond acceptors (Lipinski definition) is 5. The number of nitrogens with zero attached hydrogens (tertiary/aromatic N) is 2. The van der Waals surface area contributed by atoms with Gasteiger partial charge in [0.2, 0.25) is 5.91 Å². The first-order valence-electron chi connectivity index (χ1n) is 13.1. The Bertz CT molecular complexity index is 993. The molecule has 1 saturated carbocycles. The summed E-state index contributed by atoms with van der Waals surface area (Å²) in [5.41, 5.74) is 3.86. The zero-order chi connectivity index (χ0) is 24.8. The van der Waals surface area contributed by atoms with E-state index in [2.05, 4.69) is 62.6 Å². The molecular weight excluding hydrogens is 502 g/mol. The van der Waals surface area contributed by atoms with Gasteiger partial charge < -0.3 is 16.0 Å². The summed E-state index contributed by atoms with van der Waals surface area (Å²) in [5.74, 6) is 1.92. The first kappa shape index (κ1) is 26.1. The number of carbonyl (C=O) groups is 1. The van der Waals surface area contributed by atoms with Crippen molar-refractivity contribution in [2.24, 2.45) is 11.3 Å². The van der Waals surface area contributed by atoms with Gasteiger partial charge in [0.15, 0.2) is 0 Å². The van der Waals surface area contributed by atoms with Gasteiger partial charge in [0.05, 0.1) is 5.92 Å². The van der Waals surface area contributed by atoms with Crippen LogP contribution in [0.2, 0.25) is 0 Å². The SMILES string of the molecule is CC1CCc2ncnc(NCCNC(=O)[C@H](CNCC3CCCC(C)(C)C3)c3ccc(Br)cc3)c21. The van der Waals surface area contributed by atoms with Crippen LogP contribution in [0.5, 0.6) is 0 Å². The van der Waals surface area contributed by atoms with E-state index in [0.29, 0.717) is 36.9 Å². The van der Waals surface area contributed by atoms with Crippen LogP contribution < -0.4 is 16.0 Å². The molecule has 190 valence electrons. The maximum atomic E-state index is 13.2. The van der Waals surface area contributed by atoms with E-state index in [1.165, 1.54) is 31.2 Å². The fourth-order valence-corrected chi connectivity index (χ4v) is 6.06. The second-order valence-electron chi connectivity index (χ2n) is 11.1. The van der Waals surface area contributed by atoms with Crippen LogP contribution in [0.25, 0.3) is 0 Å². The Morgan fingerprint density at radius 2 is 1.97 bits per heavy atom. The molecule has 6 nitrogen and oxygen atoms in total. The zero-order valence-electron chi connectivity index (χ0n) is 21.4. The van der Waals surface area contributed by atoms with Crippen molar-refractivity contribution >= 4 is 27.7 Å². The number of halogens is 1. The lowest BCUT2D eigenvalue weighted by atomic mass is 9.72. The van der Waals surface area contributed by atoms with Crippen LogP contribution in [0.3, 0.4) is 0 Å². The monoisotopic (exact) mass is 541 g/mol. The molecule has 2 aromatic rings. The van der Waals surface area contributed by atoms with E-state index in [9.17, 15) is 4.79 Å². The highest BCUT2D eigenvalue weighted by molar-refractivity contribution is 9.10. The van der Waals surface area contributed by atoms with Gasteiger partial charge in [-0.3, -0.25) is 4.79 Å². The number of anilines is 1. The molecule has 7 heteroatoms. The van der Waals surface area contributed by atoms with E-state index in [0.717, 1.165) is 40.9 Å². The van der Waals surface area contributed by atoms with Gasteiger partial charge in [-0.05, 0) is 73.6 Å². The van der Waals surface area contributed by atoms with Crippen LogP contribution in [0.1, 0.15) is 81.5 Å². The fraction of sp³-hybridized carbons (Fsp3) is 0.607. The molecule has 35 heavy (non-hydrogen) atoms. The number of carbonyl (C=O) groups excluding carboxylic acids is 1. The van der Waals surface area contributed by atoms with Crippen molar-refractivity contribution in [1.29, 1.82) is 0 Å². The summed E-state index contributed by atoms with van der Waals surface area (Å²) in [6.45, 7) is 9.79. The van der Waals surface area contributed by atoms with Crippen molar-refractivity contribution in [2.45, 2.75) is 71.1 Å². The molecule has 4 rings (SSSR count). The average molecular weight is 543 g/mol. The second kappa shape index (κ2) is 11.8. The molecule has 3 N–H and O–H groups in total. The number of fused-ring (bicyclic) bond motifs is 1. The number of benzene rings is 1. The van der Waals surface area contributed by atoms with Gasteiger partial charge in [0.1, 0.15) is 12.1 Å². The van der Waals surface area contributed by atoms with Crippen molar-refractivity contribution in [3.05, 3.63) is 51.9 Å². The number of rotatable bonds is 10. The summed E-state index contributed by atoms with van der Waals surface area (Å²) >= 11 is 3.51. The van der Waals surface area contributed by atoms with Crippen molar-refractivity contribution < 1.29 is 4.79 Å². The maximum Gasteiger partial charge on any atom is 0.228 e. The van der Waals surface area contributed by atoms with E-state index in [4.69, 9.17) is 0 Å². The minimum atomic E-state index is -0.219. The summed E-state index contributed by atoms with van der Waals surface area (Å²) in [5, 5.41) is 10.2. The lowest BCUT2D eigenvalue weighted by Crippen LogP contribution is -2.39. The Morgan fingerprint density at radius 3 is 2.74 bits per heavy atom. The van der Waals surface area contributed by atoms with E-state index in [1.54, 1.807) is 6.33 Å². The first-order chi connectivity index (χ1) is 16.8. The first-order valence-corrected chi connectivity index (χ1v) is 13.9. The van der Waals surface area contributed by atoms with E-state index in [1.807, 2.05) is 24.3 Å². The molecular formula is C28H40BrN5O. The smallest absolute Gasteiger partial charge is 0.228 e. The van der Waals surface area contributed by atoms with Crippen LogP contribution in [0.4, 0.5) is 5.82 Å². The summed E-state index contributed by atoms with van der Waals surface area (Å²) < 4.78 is 1.02. The van der Waals surface area contributed by atoms with Crippen LogP contribution in [0.15, 0.2) is 35.1 Å². The quantitative estimate of drug-likeness (QED) is 0.350. The molecule has 1 aromatic heterocycles. The number of aromatic nitrogens is 2. The van der Waals surface area contributed by atoms with Gasteiger partial charge in [-0.25, -0.2) is 9.97 Å². The van der Waals surface area contributed by atoms with Crippen LogP contribution in [0, 0.1) is 11.3 Å². The Morgan fingerprint density at radius 1 is 1.17 bits per heavy atom. The van der Waals surface area contributed by atoms with Gasteiger partial charge in [0, 0.05) is 35.4 Å². The normalized spacial score (nSPS) is 21.8. The Balaban J connectivity index is 1.31. The number of hydrogen-bond donors (Lipinski definition) is 3. The van der Waals surface area contributed by atoms with Crippen molar-refractivity contribution in [1.82, 2.24) is 20.6 Å². The second-order valence-corrected chi connectivity index (χ2v) is 12.0. The summed E-state index contributed by atoms with van der Waals surface area (Å²) in [6, 6.07) is 8.11. The Kier molecular flexibility index (Phi) is 8.82. The largest absolute Gasteiger partial charge is 0.368 e. The summed E-state index contributed by atoms with van der Waals surface area (Å²) in [4.78, 5) is 22.1. The third kappa shape index (κ3) is 7.04. The third-order valence-electron chi connectivity index (χ3n) is 7.67. The van der Waals surface area contributed by atoms with Crippen molar-refractivity contribution in [3.63, 3.8) is 0 Å². The van der Waals surface area contributed by atoms with Gasteiger partial charge in [-0.15, -0.1) is 0 Å². The summed E-state index contributed by atoms with van der Waals surface area (Å²) in [7, 11) is 0. The molecule has 0 aliphatic heterocycles. The maximum absolute atomic E-state index is 13.2. The molecule has 0 spiro atoms. The van der Waals surface area contributed by atoms with Crippen LogP contribution >= 0.6 is 15.9 Å². The average Bonchev–Trinajstić information content (AvgIpc) is 3.21. The van der Waals surface area contributed by atoms with E-state index >= 15 is 0 Å². The molecule has 0 bridgehead atoms. The van der Waals surface area contributed by atoms with Crippen molar-refractivity contribution in [2.75, 3.05) is 31.5 Å². The van der Waals surface area contributed by atoms with Gasteiger partial charge in [-0.1, -0.05) is 55.3 Å². The van der Waals surface area contributed by atoms with Crippen molar-refractivity contribution in [3.8, 4) is 0 Å². The molecule has 1 fully saturated rings.